The highest BCUT2D eigenvalue weighted by Crippen LogP contribution is 2.23. The number of rotatable bonds is 6. The van der Waals surface area contributed by atoms with Crippen molar-refractivity contribution in [3.05, 3.63) is 28.8 Å². The molecule has 1 aromatic carbocycles. The van der Waals surface area contributed by atoms with Gasteiger partial charge in [0, 0.05) is 5.02 Å². The summed E-state index contributed by atoms with van der Waals surface area (Å²) in [5.41, 5.74) is 0.847. The number of benzene rings is 1. The van der Waals surface area contributed by atoms with Crippen LogP contribution in [0.4, 0.5) is 0 Å². The van der Waals surface area contributed by atoms with Gasteiger partial charge in [-0.1, -0.05) is 24.9 Å². The lowest BCUT2D eigenvalue weighted by Gasteiger charge is -2.16. The summed E-state index contributed by atoms with van der Waals surface area (Å²) in [5, 5.41) is 9.68. The molecular formula is C13H17ClO3. The molecule has 0 aliphatic heterocycles. The van der Waals surface area contributed by atoms with Crippen molar-refractivity contribution in [2.45, 2.75) is 39.2 Å². The van der Waals surface area contributed by atoms with E-state index in [0.29, 0.717) is 17.2 Å². The molecule has 1 unspecified atom stereocenters. The van der Waals surface area contributed by atoms with E-state index in [-0.39, 0.29) is 0 Å². The molecule has 0 spiro atoms. The quantitative estimate of drug-likeness (QED) is 0.845. The van der Waals surface area contributed by atoms with Crippen LogP contribution in [-0.2, 0) is 4.79 Å². The summed E-state index contributed by atoms with van der Waals surface area (Å²) in [6.45, 7) is 3.87. The van der Waals surface area contributed by atoms with Gasteiger partial charge in [0.1, 0.15) is 5.75 Å². The highest BCUT2D eigenvalue weighted by Gasteiger charge is 2.19. The number of carboxylic acids is 1. The van der Waals surface area contributed by atoms with Crippen LogP contribution in [0.2, 0.25) is 5.02 Å². The Morgan fingerprint density at radius 2 is 2.24 bits per heavy atom. The maximum atomic E-state index is 11.0. The molecule has 0 heterocycles. The van der Waals surface area contributed by atoms with Crippen LogP contribution < -0.4 is 4.74 Å². The smallest absolute Gasteiger partial charge is 0.344 e. The number of unbranched alkanes of at least 4 members (excludes halogenated alkanes) is 1. The monoisotopic (exact) mass is 256 g/mol. The largest absolute Gasteiger partial charge is 0.479 e. The average Bonchev–Trinajstić information content (AvgIpc) is 2.26. The first kappa shape index (κ1) is 13.8. The lowest BCUT2D eigenvalue weighted by atomic mass is 10.1. The summed E-state index contributed by atoms with van der Waals surface area (Å²) in [6, 6.07) is 5.16. The van der Waals surface area contributed by atoms with Crippen molar-refractivity contribution >= 4 is 17.6 Å². The van der Waals surface area contributed by atoms with Crippen LogP contribution in [0.5, 0.6) is 5.75 Å². The summed E-state index contributed by atoms with van der Waals surface area (Å²) in [5.74, 6) is -0.342. The van der Waals surface area contributed by atoms with Gasteiger partial charge in [-0.15, -0.1) is 0 Å². The third kappa shape index (κ3) is 4.27. The van der Waals surface area contributed by atoms with Crippen LogP contribution in [0, 0.1) is 6.92 Å². The first-order valence-electron chi connectivity index (χ1n) is 5.70. The molecule has 0 saturated heterocycles. The molecule has 0 saturated carbocycles. The fourth-order valence-electron chi connectivity index (χ4n) is 1.52. The van der Waals surface area contributed by atoms with Crippen molar-refractivity contribution in [2.75, 3.05) is 0 Å². The highest BCUT2D eigenvalue weighted by atomic mass is 35.5. The van der Waals surface area contributed by atoms with Crippen LogP contribution in [0.1, 0.15) is 31.7 Å². The maximum Gasteiger partial charge on any atom is 0.344 e. The Balaban J connectivity index is 2.75. The molecule has 0 fully saturated rings. The lowest BCUT2D eigenvalue weighted by Crippen LogP contribution is -2.27. The number of carboxylic acid groups (broad SMARTS) is 1. The van der Waals surface area contributed by atoms with Crippen molar-refractivity contribution in [1.82, 2.24) is 0 Å². The second-order valence-corrected chi connectivity index (χ2v) is 4.43. The van der Waals surface area contributed by atoms with E-state index < -0.39 is 12.1 Å². The maximum absolute atomic E-state index is 11.0. The highest BCUT2D eigenvalue weighted by molar-refractivity contribution is 6.30. The van der Waals surface area contributed by atoms with E-state index in [0.717, 1.165) is 18.4 Å². The first-order chi connectivity index (χ1) is 8.04. The fourth-order valence-corrected chi connectivity index (χ4v) is 1.75. The van der Waals surface area contributed by atoms with E-state index in [2.05, 4.69) is 0 Å². The minimum absolute atomic E-state index is 0.522. The Hall–Kier alpha value is -1.22. The van der Waals surface area contributed by atoms with Gasteiger partial charge >= 0.3 is 5.97 Å². The average molecular weight is 257 g/mol. The number of aliphatic carboxylic acids is 1. The molecule has 17 heavy (non-hydrogen) atoms. The third-order valence-corrected chi connectivity index (χ3v) is 2.74. The predicted octanol–water partition coefficient (Wildman–Crippen LogP) is 3.67. The van der Waals surface area contributed by atoms with Crippen LogP contribution in [-0.4, -0.2) is 17.2 Å². The van der Waals surface area contributed by atoms with Gasteiger partial charge in [0.2, 0.25) is 0 Å². The molecule has 0 radical (unpaired) electrons. The molecule has 3 nitrogen and oxygen atoms in total. The normalized spacial score (nSPS) is 12.2. The van der Waals surface area contributed by atoms with Crippen LogP contribution in [0.15, 0.2) is 18.2 Å². The van der Waals surface area contributed by atoms with Crippen LogP contribution in [0.3, 0.4) is 0 Å². The molecular weight excluding hydrogens is 240 g/mol. The van der Waals surface area contributed by atoms with Gasteiger partial charge in [0.25, 0.3) is 0 Å². The van der Waals surface area contributed by atoms with Gasteiger partial charge < -0.3 is 9.84 Å². The predicted molar refractivity (Wildman–Crippen MR) is 67.8 cm³/mol. The molecule has 0 amide bonds. The van der Waals surface area contributed by atoms with Crippen molar-refractivity contribution in [1.29, 1.82) is 0 Å². The first-order valence-corrected chi connectivity index (χ1v) is 6.08. The summed E-state index contributed by atoms with van der Waals surface area (Å²) in [4.78, 5) is 11.0. The molecule has 4 heteroatoms. The van der Waals surface area contributed by atoms with Crippen molar-refractivity contribution in [3.8, 4) is 5.75 Å². The zero-order valence-corrected chi connectivity index (χ0v) is 10.8. The second kappa shape index (κ2) is 6.50. The van der Waals surface area contributed by atoms with E-state index in [1.165, 1.54) is 0 Å². The van der Waals surface area contributed by atoms with Crippen molar-refractivity contribution in [2.24, 2.45) is 0 Å². The summed E-state index contributed by atoms with van der Waals surface area (Å²) in [6.07, 6.45) is 1.53. The molecule has 0 aliphatic carbocycles. The molecule has 1 aromatic rings. The topological polar surface area (TPSA) is 46.5 Å². The van der Waals surface area contributed by atoms with E-state index in [9.17, 15) is 4.79 Å². The van der Waals surface area contributed by atoms with Gasteiger partial charge in [0.05, 0.1) is 0 Å². The van der Waals surface area contributed by atoms with Gasteiger partial charge in [0.15, 0.2) is 6.10 Å². The fraction of sp³-hybridized carbons (Fsp3) is 0.462. The minimum Gasteiger partial charge on any atom is -0.479 e. The number of hydrogen-bond acceptors (Lipinski definition) is 2. The summed E-state index contributed by atoms with van der Waals surface area (Å²) < 4.78 is 5.51. The molecule has 1 atom stereocenters. The molecule has 0 aliphatic rings. The molecule has 94 valence electrons. The Morgan fingerprint density at radius 3 is 2.76 bits per heavy atom. The van der Waals surface area contributed by atoms with E-state index in [1.807, 2.05) is 13.8 Å². The van der Waals surface area contributed by atoms with E-state index in [1.54, 1.807) is 18.2 Å². The lowest BCUT2D eigenvalue weighted by molar-refractivity contribution is -0.145. The second-order valence-electron chi connectivity index (χ2n) is 4.00. The van der Waals surface area contributed by atoms with Gasteiger partial charge in [-0.05, 0) is 43.5 Å². The molecule has 0 aromatic heterocycles. The number of hydrogen-bond donors (Lipinski definition) is 1. The van der Waals surface area contributed by atoms with Crippen molar-refractivity contribution < 1.29 is 14.6 Å². The number of halogens is 1. The standard InChI is InChI=1S/C13H17ClO3/c1-3-4-5-12(13(15)16)17-11-7-6-10(14)8-9(11)2/h6-8,12H,3-5H2,1-2H3,(H,15,16). The zero-order valence-electron chi connectivity index (χ0n) is 10.1. The van der Waals surface area contributed by atoms with Crippen LogP contribution in [0.25, 0.3) is 0 Å². The Bertz CT molecular complexity index is 390. The van der Waals surface area contributed by atoms with E-state index in [4.69, 9.17) is 21.4 Å². The van der Waals surface area contributed by atoms with Gasteiger partial charge in [-0.25, -0.2) is 4.79 Å². The zero-order chi connectivity index (χ0) is 12.8. The molecule has 0 bridgehead atoms. The third-order valence-electron chi connectivity index (χ3n) is 2.50. The van der Waals surface area contributed by atoms with Gasteiger partial charge in [-0.2, -0.15) is 0 Å². The molecule has 1 rings (SSSR count). The van der Waals surface area contributed by atoms with Crippen LogP contribution >= 0.6 is 11.6 Å². The Kier molecular flexibility index (Phi) is 5.29. The SMILES string of the molecule is CCCCC(Oc1ccc(Cl)cc1C)C(=O)O. The number of carbonyl (C=O) groups is 1. The number of aryl methyl sites for hydroxylation is 1. The summed E-state index contributed by atoms with van der Waals surface area (Å²) >= 11 is 5.83. The minimum atomic E-state index is -0.923. The van der Waals surface area contributed by atoms with Gasteiger partial charge in [-0.3, -0.25) is 0 Å². The number of ether oxygens (including phenoxy) is 1. The van der Waals surface area contributed by atoms with Crippen molar-refractivity contribution in [3.63, 3.8) is 0 Å². The van der Waals surface area contributed by atoms with E-state index >= 15 is 0 Å². The summed E-state index contributed by atoms with van der Waals surface area (Å²) in [7, 11) is 0. The molecule has 1 N–H and O–H groups in total. The Morgan fingerprint density at radius 1 is 1.53 bits per heavy atom. The Labute approximate surface area is 106 Å².